The van der Waals surface area contributed by atoms with Crippen LogP contribution < -0.4 is 16.4 Å². The summed E-state index contributed by atoms with van der Waals surface area (Å²) in [7, 11) is 1.59. The number of fused-ring (bicyclic) bond motifs is 1. The first-order chi connectivity index (χ1) is 19.0. The molecule has 1 saturated carbocycles. The van der Waals surface area contributed by atoms with Crippen LogP contribution in [-0.2, 0) is 32.3 Å². The molecule has 0 spiro atoms. The van der Waals surface area contributed by atoms with Gasteiger partial charge in [-0.1, -0.05) is 13.8 Å². The third-order valence-electron chi connectivity index (χ3n) is 6.61. The number of nitrogens with one attached hydrogen (secondary N) is 2. The van der Waals surface area contributed by atoms with Crippen LogP contribution in [0.3, 0.4) is 0 Å². The number of alkyl halides is 1. The number of aromatic nitrogens is 5. The van der Waals surface area contributed by atoms with Crippen molar-refractivity contribution >= 4 is 29.2 Å². The van der Waals surface area contributed by atoms with Gasteiger partial charge in [0.25, 0.3) is 0 Å². The maximum atomic E-state index is 14.9. The topological polar surface area (TPSA) is 160 Å². The minimum atomic E-state index is -1.34. The molecule has 40 heavy (non-hydrogen) atoms. The molecule has 1 amide bonds. The van der Waals surface area contributed by atoms with Crippen molar-refractivity contribution in [3.8, 4) is 0 Å². The van der Waals surface area contributed by atoms with E-state index in [-0.39, 0.29) is 37.5 Å². The fourth-order valence-electron chi connectivity index (χ4n) is 4.46. The molecule has 0 bridgehead atoms. The minimum absolute atomic E-state index is 0.104. The SMILES string of the molecule is COCc1cc2c(Nc3cc(C4CC(F)C(OC(=O)NC(C)C)C4)nn3COC(=O)C(N)C(C)C)nccn2n1. The van der Waals surface area contributed by atoms with Crippen LogP contribution in [0.4, 0.5) is 20.8 Å². The van der Waals surface area contributed by atoms with Gasteiger partial charge in [0, 0.05) is 37.5 Å². The van der Waals surface area contributed by atoms with E-state index in [2.05, 4.69) is 25.8 Å². The first-order valence-corrected chi connectivity index (χ1v) is 13.3. The predicted molar refractivity (Wildman–Crippen MR) is 144 cm³/mol. The molecular weight excluding hydrogens is 523 g/mol. The first kappa shape index (κ1) is 29.2. The van der Waals surface area contributed by atoms with Gasteiger partial charge in [-0.3, -0.25) is 4.79 Å². The lowest BCUT2D eigenvalue weighted by atomic mass is 10.0. The summed E-state index contributed by atoms with van der Waals surface area (Å²) in [5, 5.41) is 14.9. The summed E-state index contributed by atoms with van der Waals surface area (Å²) in [4.78, 5) is 28.9. The van der Waals surface area contributed by atoms with Gasteiger partial charge in [0.05, 0.1) is 18.0 Å². The van der Waals surface area contributed by atoms with E-state index < -0.39 is 30.4 Å². The normalized spacial score (nSPS) is 19.8. The average Bonchev–Trinajstić information content (AvgIpc) is 3.59. The summed E-state index contributed by atoms with van der Waals surface area (Å²) in [6, 6.07) is 2.68. The highest BCUT2D eigenvalue weighted by molar-refractivity contribution is 5.76. The van der Waals surface area contributed by atoms with E-state index in [1.165, 1.54) is 4.68 Å². The zero-order valence-electron chi connectivity index (χ0n) is 23.3. The van der Waals surface area contributed by atoms with Crippen LogP contribution in [0, 0.1) is 5.92 Å². The molecule has 218 valence electrons. The van der Waals surface area contributed by atoms with Crippen LogP contribution in [0.2, 0.25) is 0 Å². The maximum Gasteiger partial charge on any atom is 0.407 e. The molecule has 0 aliphatic heterocycles. The maximum absolute atomic E-state index is 14.9. The second kappa shape index (κ2) is 12.6. The Labute approximate surface area is 231 Å². The van der Waals surface area contributed by atoms with Gasteiger partial charge in [-0.2, -0.15) is 10.2 Å². The van der Waals surface area contributed by atoms with Gasteiger partial charge in [-0.15, -0.1) is 0 Å². The Morgan fingerprint density at radius 1 is 1.20 bits per heavy atom. The number of carbonyl (C=O) groups excluding carboxylic acids is 2. The Morgan fingerprint density at radius 3 is 2.67 bits per heavy atom. The molecule has 0 saturated heterocycles. The Morgan fingerprint density at radius 2 is 1.98 bits per heavy atom. The first-order valence-electron chi connectivity index (χ1n) is 13.3. The molecule has 13 nitrogen and oxygen atoms in total. The molecule has 4 N–H and O–H groups in total. The number of hydrogen-bond acceptors (Lipinski definition) is 10. The Bertz CT molecular complexity index is 1330. The summed E-state index contributed by atoms with van der Waals surface area (Å²) >= 11 is 0. The number of amides is 1. The summed E-state index contributed by atoms with van der Waals surface area (Å²) < 4.78 is 34.0. The number of alkyl carbamates (subject to hydrolysis) is 1. The van der Waals surface area contributed by atoms with E-state index in [4.69, 9.17) is 19.9 Å². The number of rotatable bonds is 11. The van der Waals surface area contributed by atoms with Crippen LogP contribution >= 0.6 is 0 Å². The minimum Gasteiger partial charge on any atom is -0.443 e. The molecule has 3 heterocycles. The number of carbonyl (C=O) groups is 2. The zero-order valence-corrected chi connectivity index (χ0v) is 23.3. The van der Waals surface area contributed by atoms with Crippen LogP contribution in [0.15, 0.2) is 24.5 Å². The van der Waals surface area contributed by atoms with Crippen LogP contribution in [0.1, 0.15) is 57.8 Å². The fraction of sp³-hybridized carbons (Fsp3) is 0.577. The number of anilines is 2. The summed E-state index contributed by atoms with van der Waals surface area (Å²) in [5.41, 5.74) is 7.91. The number of ether oxygens (including phenoxy) is 3. The average molecular weight is 561 g/mol. The molecule has 3 aromatic rings. The van der Waals surface area contributed by atoms with E-state index in [1.54, 1.807) is 43.9 Å². The largest absolute Gasteiger partial charge is 0.443 e. The monoisotopic (exact) mass is 560 g/mol. The number of nitrogens with zero attached hydrogens (tertiary/aromatic N) is 5. The molecule has 1 aliphatic rings. The lowest BCUT2D eigenvalue weighted by Gasteiger charge is -2.16. The quantitative estimate of drug-likeness (QED) is 0.297. The van der Waals surface area contributed by atoms with Crippen molar-refractivity contribution in [1.82, 2.24) is 29.7 Å². The molecule has 1 fully saturated rings. The third-order valence-corrected chi connectivity index (χ3v) is 6.61. The predicted octanol–water partition coefficient (Wildman–Crippen LogP) is 3.02. The van der Waals surface area contributed by atoms with Gasteiger partial charge < -0.3 is 30.6 Å². The molecule has 4 unspecified atom stereocenters. The highest BCUT2D eigenvalue weighted by atomic mass is 19.1. The highest BCUT2D eigenvalue weighted by Gasteiger charge is 2.39. The van der Waals surface area contributed by atoms with Gasteiger partial charge >= 0.3 is 12.1 Å². The highest BCUT2D eigenvalue weighted by Crippen LogP contribution is 2.38. The number of esters is 1. The van der Waals surface area contributed by atoms with Crippen LogP contribution in [-0.4, -0.2) is 67.9 Å². The van der Waals surface area contributed by atoms with E-state index >= 15 is 0 Å². The zero-order chi connectivity index (χ0) is 29.0. The van der Waals surface area contributed by atoms with Crippen molar-refractivity contribution in [2.45, 2.75) is 84.2 Å². The lowest BCUT2D eigenvalue weighted by molar-refractivity contribution is -0.150. The van der Waals surface area contributed by atoms with Crippen LogP contribution in [0.25, 0.3) is 5.52 Å². The smallest absolute Gasteiger partial charge is 0.407 e. The van der Waals surface area contributed by atoms with E-state index in [0.717, 1.165) is 5.69 Å². The Kier molecular flexibility index (Phi) is 9.20. The molecule has 1 aliphatic carbocycles. The molecule has 3 aromatic heterocycles. The van der Waals surface area contributed by atoms with Gasteiger partial charge in [0.15, 0.2) is 12.5 Å². The number of methoxy groups -OCH3 is 1. The van der Waals surface area contributed by atoms with Gasteiger partial charge in [0.2, 0.25) is 0 Å². The Hall–Kier alpha value is -3.78. The van der Waals surface area contributed by atoms with E-state index in [9.17, 15) is 14.0 Å². The van der Waals surface area contributed by atoms with Crippen molar-refractivity contribution < 1.29 is 28.2 Å². The summed E-state index contributed by atoms with van der Waals surface area (Å²) in [6.07, 6.45) is 0.811. The van der Waals surface area contributed by atoms with Crippen molar-refractivity contribution in [2.24, 2.45) is 11.7 Å². The standard InChI is InChI=1S/C26H37FN8O5/c1-14(2)23(28)25(36)39-13-35-22(31-24-20-10-17(12-38-5)32-34(20)7-6-29-24)11-19(33-35)16-8-18(27)21(9-16)40-26(37)30-15(3)4/h6-7,10-11,14-16,18,21,23H,8-9,12-13,28H2,1-5H3,(H,29,31)(H,30,37). The number of nitrogens with two attached hydrogens (primary N) is 1. The van der Waals surface area contributed by atoms with Crippen molar-refractivity contribution in [2.75, 3.05) is 12.4 Å². The number of halogens is 1. The summed E-state index contributed by atoms with van der Waals surface area (Å²) in [5.74, 6) is -0.0418. The molecule has 0 aromatic carbocycles. The second-order valence-electron chi connectivity index (χ2n) is 10.5. The van der Waals surface area contributed by atoms with Gasteiger partial charge in [-0.25, -0.2) is 23.4 Å². The lowest BCUT2D eigenvalue weighted by Crippen LogP contribution is -2.37. The third kappa shape index (κ3) is 6.86. The second-order valence-corrected chi connectivity index (χ2v) is 10.5. The van der Waals surface area contributed by atoms with Crippen molar-refractivity contribution in [1.29, 1.82) is 0 Å². The van der Waals surface area contributed by atoms with Crippen LogP contribution in [0.5, 0.6) is 0 Å². The van der Waals surface area contributed by atoms with Crippen molar-refractivity contribution in [3.63, 3.8) is 0 Å². The molecule has 0 radical (unpaired) electrons. The molecule has 4 atom stereocenters. The molecule has 14 heteroatoms. The van der Waals surface area contributed by atoms with Crippen molar-refractivity contribution in [3.05, 3.63) is 35.9 Å². The molecule has 4 rings (SSSR count). The molecular formula is C26H37FN8O5. The van der Waals surface area contributed by atoms with E-state index in [0.29, 0.717) is 29.5 Å². The van der Waals surface area contributed by atoms with Gasteiger partial charge in [0.1, 0.15) is 29.7 Å². The summed E-state index contributed by atoms with van der Waals surface area (Å²) in [6.45, 7) is 7.36. The number of hydrogen-bond donors (Lipinski definition) is 3. The van der Waals surface area contributed by atoms with Gasteiger partial charge in [-0.05, 0) is 38.7 Å². The van der Waals surface area contributed by atoms with E-state index in [1.807, 2.05) is 19.9 Å². The fourth-order valence-corrected chi connectivity index (χ4v) is 4.46. The Balaban J connectivity index is 1.58.